The van der Waals surface area contributed by atoms with E-state index in [1.54, 1.807) is 20.8 Å². The summed E-state index contributed by atoms with van der Waals surface area (Å²) in [5, 5.41) is 36.0. The first-order chi connectivity index (χ1) is 6.08. The molecular formula is C6H13N3O3Si. The largest absolute Gasteiger partial charge is 0.411 e. The lowest BCUT2D eigenvalue weighted by atomic mass is 10.8. The number of oxime groups is 3. The van der Waals surface area contributed by atoms with Crippen LogP contribution in [0, 0.1) is 0 Å². The molecule has 0 rings (SSSR count). The Morgan fingerprint density at radius 3 is 1.15 bits per heavy atom. The van der Waals surface area contributed by atoms with Gasteiger partial charge in [0.1, 0.15) is 0 Å². The van der Waals surface area contributed by atoms with Gasteiger partial charge in [-0.2, -0.15) is 0 Å². The second kappa shape index (κ2) is 5.30. The normalized spacial score (nSPS) is 17.3. The van der Waals surface area contributed by atoms with Gasteiger partial charge in [-0.25, -0.2) is 0 Å². The summed E-state index contributed by atoms with van der Waals surface area (Å²) in [5.74, 6) is 0. The fourth-order valence-corrected chi connectivity index (χ4v) is 3.24. The zero-order valence-corrected chi connectivity index (χ0v) is 8.92. The first kappa shape index (κ1) is 11.6. The Labute approximate surface area is 77.5 Å². The molecule has 7 heteroatoms. The molecule has 0 aliphatic heterocycles. The molecule has 3 N–H and O–H groups in total. The van der Waals surface area contributed by atoms with Gasteiger partial charge in [-0.3, -0.25) is 0 Å². The SMILES string of the molecule is CC(=NO)[SiH](C(C)=NO)C(C)=NO. The van der Waals surface area contributed by atoms with Crippen molar-refractivity contribution in [3.63, 3.8) is 0 Å². The van der Waals surface area contributed by atoms with E-state index in [2.05, 4.69) is 15.5 Å². The van der Waals surface area contributed by atoms with Crippen molar-refractivity contribution >= 4 is 24.8 Å². The fraction of sp³-hybridized carbons (Fsp3) is 0.500. The topological polar surface area (TPSA) is 97.8 Å². The quantitative estimate of drug-likeness (QED) is 0.268. The van der Waals surface area contributed by atoms with Crippen molar-refractivity contribution in [1.29, 1.82) is 0 Å². The van der Waals surface area contributed by atoms with Gasteiger partial charge >= 0.3 is 0 Å². The van der Waals surface area contributed by atoms with Gasteiger partial charge < -0.3 is 15.6 Å². The molecule has 0 bridgehead atoms. The van der Waals surface area contributed by atoms with Gasteiger partial charge in [0, 0.05) is 16.0 Å². The van der Waals surface area contributed by atoms with Crippen LogP contribution in [-0.4, -0.2) is 40.4 Å². The monoisotopic (exact) mass is 203 g/mol. The van der Waals surface area contributed by atoms with Crippen LogP contribution in [0.5, 0.6) is 0 Å². The van der Waals surface area contributed by atoms with Crippen molar-refractivity contribution in [3.05, 3.63) is 0 Å². The van der Waals surface area contributed by atoms with E-state index in [9.17, 15) is 0 Å². The van der Waals surface area contributed by atoms with Crippen molar-refractivity contribution in [3.8, 4) is 0 Å². The van der Waals surface area contributed by atoms with Crippen LogP contribution < -0.4 is 0 Å². The molecule has 0 aromatic heterocycles. The predicted molar refractivity (Wildman–Crippen MR) is 51.8 cm³/mol. The molecular weight excluding hydrogens is 190 g/mol. The van der Waals surface area contributed by atoms with Gasteiger partial charge in [0.2, 0.25) is 0 Å². The smallest absolute Gasteiger partial charge is 0.197 e. The second-order valence-electron chi connectivity index (χ2n) is 2.66. The van der Waals surface area contributed by atoms with Crippen LogP contribution in [0.2, 0.25) is 0 Å². The van der Waals surface area contributed by atoms with Gasteiger partial charge in [0.25, 0.3) is 0 Å². The summed E-state index contributed by atoms with van der Waals surface area (Å²) in [6.07, 6.45) is 0. The summed E-state index contributed by atoms with van der Waals surface area (Å²) in [4.78, 5) is 0. The number of hydrogen-bond donors (Lipinski definition) is 3. The molecule has 0 radical (unpaired) electrons. The van der Waals surface area contributed by atoms with Crippen molar-refractivity contribution in [2.75, 3.05) is 0 Å². The van der Waals surface area contributed by atoms with Crippen molar-refractivity contribution in [2.45, 2.75) is 20.8 Å². The maximum absolute atomic E-state index is 8.54. The van der Waals surface area contributed by atoms with E-state index in [4.69, 9.17) is 15.6 Å². The highest BCUT2D eigenvalue weighted by Crippen LogP contribution is 1.95. The molecule has 0 aromatic rings. The Bertz CT molecular complexity index is 219. The van der Waals surface area contributed by atoms with Crippen LogP contribution in [-0.2, 0) is 0 Å². The Balaban J connectivity index is 4.99. The third-order valence-electron chi connectivity index (χ3n) is 1.73. The molecule has 0 heterocycles. The highest BCUT2D eigenvalue weighted by atomic mass is 28.3. The van der Waals surface area contributed by atoms with Crippen molar-refractivity contribution in [2.24, 2.45) is 15.5 Å². The van der Waals surface area contributed by atoms with E-state index in [1.807, 2.05) is 0 Å². The summed E-state index contributed by atoms with van der Waals surface area (Å²) in [6, 6.07) is 0. The Kier molecular flexibility index (Phi) is 4.74. The van der Waals surface area contributed by atoms with Gasteiger partial charge in [0.05, 0.1) is 0 Å². The molecule has 0 atom stereocenters. The van der Waals surface area contributed by atoms with Crippen LogP contribution in [0.1, 0.15) is 20.8 Å². The maximum Gasteiger partial charge on any atom is 0.197 e. The molecule has 0 aliphatic carbocycles. The lowest BCUT2D eigenvalue weighted by molar-refractivity contribution is 0.318. The third kappa shape index (κ3) is 2.86. The number of rotatable bonds is 3. The fourth-order valence-electron chi connectivity index (χ4n) is 1.08. The van der Waals surface area contributed by atoms with Crippen molar-refractivity contribution < 1.29 is 15.6 Å². The Morgan fingerprint density at radius 2 is 1.00 bits per heavy atom. The molecule has 13 heavy (non-hydrogen) atoms. The average molecular weight is 203 g/mol. The van der Waals surface area contributed by atoms with E-state index in [0.29, 0.717) is 16.0 Å². The van der Waals surface area contributed by atoms with Gasteiger partial charge in [-0.1, -0.05) is 0 Å². The number of hydrogen-bond acceptors (Lipinski definition) is 6. The van der Waals surface area contributed by atoms with Crippen LogP contribution in [0.25, 0.3) is 0 Å². The summed E-state index contributed by atoms with van der Waals surface area (Å²) in [7, 11) is -2.02. The second-order valence-corrected chi connectivity index (χ2v) is 6.03. The van der Waals surface area contributed by atoms with Crippen molar-refractivity contribution in [1.82, 2.24) is 0 Å². The highest BCUT2D eigenvalue weighted by molar-refractivity contribution is 7.29. The van der Waals surface area contributed by atoms with E-state index in [0.717, 1.165) is 0 Å². The first-order valence-electron chi connectivity index (χ1n) is 3.64. The molecule has 6 nitrogen and oxygen atoms in total. The predicted octanol–water partition coefficient (Wildman–Crippen LogP) is 0.381. The molecule has 0 saturated heterocycles. The first-order valence-corrected chi connectivity index (χ1v) is 5.37. The molecule has 0 aliphatic rings. The molecule has 0 spiro atoms. The van der Waals surface area contributed by atoms with Crippen LogP contribution in [0.4, 0.5) is 0 Å². The Morgan fingerprint density at radius 1 is 0.769 bits per heavy atom. The lowest BCUT2D eigenvalue weighted by Gasteiger charge is -2.10. The number of nitrogens with zero attached hydrogens (tertiary/aromatic N) is 3. The zero-order valence-electron chi connectivity index (χ0n) is 7.76. The molecule has 0 amide bonds. The minimum atomic E-state index is -2.02. The van der Waals surface area contributed by atoms with Gasteiger partial charge in [0.15, 0.2) is 8.80 Å². The van der Waals surface area contributed by atoms with Crippen LogP contribution >= 0.6 is 0 Å². The van der Waals surface area contributed by atoms with E-state index >= 15 is 0 Å². The standard InChI is InChI=1S/C6H13N3O3Si/c1-4(7-10)13(5(2)8-11)6(3)9-12/h10-13H,1-3H3. The van der Waals surface area contributed by atoms with Crippen LogP contribution in [0.3, 0.4) is 0 Å². The molecule has 0 unspecified atom stereocenters. The molecule has 0 fully saturated rings. The summed E-state index contributed by atoms with van der Waals surface area (Å²) >= 11 is 0. The minimum absolute atomic E-state index is 0.436. The lowest BCUT2D eigenvalue weighted by Crippen LogP contribution is -2.40. The van der Waals surface area contributed by atoms with Gasteiger partial charge in [-0.05, 0) is 20.8 Å². The van der Waals surface area contributed by atoms with Gasteiger partial charge in [-0.15, -0.1) is 15.5 Å². The molecule has 0 aromatic carbocycles. The van der Waals surface area contributed by atoms with E-state index in [-0.39, 0.29) is 0 Å². The van der Waals surface area contributed by atoms with E-state index in [1.165, 1.54) is 0 Å². The highest BCUT2D eigenvalue weighted by Gasteiger charge is 2.23. The zero-order chi connectivity index (χ0) is 10.4. The molecule has 0 saturated carbocycles. The average Bonchev–Trinajstić information content (AvgIpc) is 2.16. The summed E-state index contributed by atoms with van der Waals surface area (Å²) in [5.41, 5.74) is 0. The third-order valence-corrected chi connectivity index (χ3v) is 4.58. The van der Waals surface area contributed by atoms with Crippen LogP contribution in [0.15, 0.2) is 15.5 Å². The summed E-state index contributed by atoms with van der Waals surface area (Å²) in [6.45, 7) is 4.79. The Hall–Kier alpha value is -1.37. The maximum atomic E-state index is 8.54. The molecule has 74 valence electrons. The summed E-state index contributed by atoms with van der Waals surface area (Å²) < 4.78 is 0. The van der Waals surface area contributed by atoms with E-state index < -0.39 is 8.80 Å². The minimum Gasteiger partial charge on any atom is -0.411 e.